The second kappa shape index (κ2) is 6.28. The third-order valence-corrected chi connectivity index (χ3v) is 6.39. The van der Waals surface area contributed by atoms with Crippen LogP contribution in [-0.2, 0) is 4.74 Å². The minimum Gasteiger partial charge on any atom is -0.438 e. The number of carbonyl (C=O) groups is 1. The first-order valence-corrected chi connectivity index (χ1v) is 11.7. The lowest BCUT2D eigenvalue weighted by molar-refractivity contribution is 0.131. The van der Waals surface area contributed by atoms with Crippen LogP contribution < -0.4 is 0 Å². The number of benzene rings is 2. The molecule has 1 saturated heterocycles. The van der Waals surface area contributed by atoms with Crippen LogP contribution >= 0.6 is 0 Å². The van der Waals surface area contributed by atoms with Crippen LogP contribution in [0.2, 0.25) is 19.6 Å². The summed E-state index contributed by atoms with van der Waals surface area (Å²) in [4.78, 5) is 14.5. The van der Waals surface area contributed by atoms with Gasteiger partial charge in [0.15, 0.2) is 6.10 Å². The number of hydrogen-bond acceptors (Lipinski definition) is 2. The maximum atomic E-state index is 12.7. The van der Waals surface area contributed by atoms with Crippen LogP contribution in [0.25, 0.3) is 0 Å². The van der Waals surface area contributed by atoms with Gasteiger partial charge in [-0.1, -0.05) is 86.9 Å². The van der Waals surface area contributed by atoms with E-state index in [0.29, 0.717) is 0 Å². The first-order chi connectivity index (χ1) is 11.4. The third-order valence-electron chi connectivity index (χ3n) is 4.42. The number of hydrogen-bond donors (Lipinski definition) is 0. The average molecular weight is 337 g/mol. The molecule has 2 atom stereocenters. The van der Waals surface area contributed by atoms with Crippen LogP contribution in [-0.4, -0.2) is 19.1 Å². The minimum absolute atomic E-state index is 0.180. The second-order valence-electron chi connectivity index (χ2n) is 7.14. The maximum Gasteiger partial charge on any atom is 0.415 e. The van der Waals surface area contributed by atoms with Gasteiger partial charge in [-0.15, -0.1) is 0 Å². The highest BCUT2D eigenvalue weighted by molar-refractivity contribution is 6.83. The molecule has 0 bridgehead atoms. The summed E-state index contributed by atoms with van der Waals surface area (Å²) >= 11 is 0. The van der Waals surface area contributed by atoms with Gasteiger partial charge in [-0.2, -0.15) is 0 Å². The largest absolute Gasteiger partial charge is 0.438 e. The van der Waals surface area contributed by atoms with E-state index in [2.05, 4.69) is 26.2 Å². The number of rotatable bonds is 4. The molecule has 1 aliphatic heterocycles. The first kappa shape index (κ1) is 16.5. The Bertz CT molecular complexity index is 737. The van der Waals surface area contributed by atoms with Crippen molar-refractivity contribution in [2.45, 2.75) is 31.8 Å². The Hall–Kier alpha value is -2.33. The summed E-state index contributed by atoms with van der Waals surface area (Å²) in [6.45, 7) is 10.8. The number of cyclic esters (lactones) is 1. The fourth-order valence-corrected chi connectivity index (χ4v) is 3.94. The van der Waals surface area contributed by atoms with E-state index in [4.69, 9.17) is 4.74 Å². The van der Waals surface area contributed by atoms with Gasteiger partial charge in [0.25, 0.3) is 0 Å². The molecule has 0 radical (unpaired) electrons. The van der Waals surface area contributed by atoms with Gasteiger partial charge in [0.2, 0.25) is 0 Å². The topological polar surface area (TPSA) is 29.5 Å². The van der Waals surface area contributed by atoms with Crippen LogP contribution in [0, 0.1) is 0 Å². The Morgan fingerprint density at radius 1 is 0.958 bits per heavy atom. The van der Waals surface area contributed by atoms with E-state index in [1.165, 1.54) is 0 Å². The third kappa shape index (κ3) is 3.02. The summed E-state index contributed by atoms with van der Waals surface area (Å²) in [5.41, 5.74) is 2.07. The molecule has 2 aromatic carbocycles. The molecular formula is C20H23NO2Si. The summed E-state index contributed by atoms with van der Waals surface area (Å²) in [7, 11) is -1.74. The van der Waals surface area contributed by atoms with E-state index < -0.39 is 8.07 Å². The minimum atomic E-state index is -1.74. The van der Waals surface area contributed by atoms with E-state index in [1.807, 2.05) is 60.7 Å². The summed E-state index contributed by atoms with van der Waals surface area (Å²) in [6, 6.07) is 19.8. The Balaban J connectivity index is 2.08. The van der Waals surface area contributed by atoms with Crippen molar-refractivity contribution in [2.24, 2.45) is 0 Å². The predicted molar refractivity (Wildman–Crippen MR) is 99.2 cm³/mol. The van der Waals surface area contributed by atoms with Gasteiger partial charge in [-0.05, 0) is 11.1 Å². The zero-order valence-electron chi connectivity index (χ0n) is 14.4. The van der Waals surface area contributed by atoms with Crippen molar-refractivity contribution >= 4 is 14.2 Å². The highest BCUT2D eigenvalue weighted by Gasteiger charge is 2.46. The molecule has 3 rings (SSSR count). The number of carbonyl (C=O) groups excluding carboxylic acids is 1. The molecule has 2 aromatic rings. The Morgan fingerprint density at radius 3 is 1.96 bits per heavy atom. The summed E-state index contributed by atoms with van der Waals surface area (Å²) in [6.07, 6.45) is -0.626. The SMILES string of the molecule is C=C(N1C(=O)O[C@H](c2ccccc2)[C@@H]1c1ccccc1)[Si](C)(C)C. The predicted octanol–water partition coefficient (Wildman–Crippen LogP) is 5.31. The molecule has 1 aliphatic rings. The van der Waals surface area contributed by atoms with Gasteiger partial charge in [-0.25, -0.2) is 4.79 Å². The second-order valence-corrected chi connectivity index (χ2v) is 12.2. The zero-order chi connectivity index (χ0) is 17.3. The standard InChI is InChI=1S/C20H23NO2Si/c1-15(24(2,3)4)21-18(16-11-7-5-8-12-16)19(23-20(21)22)17-13-9-6-10-14-17/h5-14,18-19H,1H2,2-4H3/t18-,19+/m0/s1. The molecule has 0 saturated carbocycles. The van der Waals surface area contributed by atoms with Gasteiger partial charge in [0.1, 0.15) is 6.04 Å². The van der Waals surface area contributed by atoms with Crippen LogP contribution in [0.4, 0.5) is 4.79 Å². The summed E-state index contributed by atoms with van der Waals surface area (Å²) in [5, 5.41) is 0.903. The normalized spacial score (nSPS) is 20.8. The first-order valence-electron chi connectivity index (χ1n) is 8.18. The van der Waals surface area contributed by atoms with Gasteiger partial charge in [-0.3, -0.25) is 4.90 Å². The molecule has 1 heterocycles. The molecule has 3 nitrogen and oxygen atoms in total. The molecule has 0 spiro atoms. The number of nitrogens with zero attached hydrogens (tertiary/aromatic N) is 1. The lowest BCUT2D eigenvalue weighted by Crippen LogP contribution is -2.39. The van der Waals surface area contributed by atoms with E-state index in [1.54, 1.807) is 4.90 Å². The Labute approximate surface area is 144 Å². The molecule has 0 aliphatic carbocycles. The fraction of sp³-hybridized carbons (Fsp3) is 0.250. The number of ether oxygens (including phenoxy) is 1. The van der Waals surface area contributed by atoms with Gasteiger partial charge >= 0.3 is 6.09 Å². The average Bonchev–Trinajstić information content (AvgIpc) is 2.92. The zero-order valence-corrected chi connectivity index (χ0v) is 15.4. The highest BCUT2D eigenvalue weighted by Crippen LogP contribution is 2.45. The van der Waals surface area contributed by atoms with Crippen molar-refractivity contribution in [3.8, 4) is 0 Å². The van der Waals surface area contributed by atoms with Crippen LogP contribution in [0.3, 0.4) is 0 Å². The molecule has 24 heavy (non-hydrogen) atoms. The molecule has 4 heteroatoms. The van der Waals surface area contributed by atoms with Gasteiger partial charge < -0.3 is 4.74 Å². The van der Waals surface area contributed by atoms with Crippen LogP contribution in [0.15, 0.2) is 72.6 Å². The van der Waals surface area contributed by atoms with Gasteiger partial charge in [0, 0.05) is 5.32 Å². The van der Waals surface area contributed by atoms with Crippen molar-refractivity contribution < 1.29 is 9.53 Å². The molecule has 1 fully saturated rings. The number of amides is 1. The molecule has 0 aromatic heterocycles. The van der Waals surface area contributed by atoms with Crippen molar-refractivity contribution in [1.82, 2.24) is 4.90 Å². The monoisotopic (exact) mass is 337 g/mol. The molecule has 0 unspecified atom stereocenters. The molecule has 0 N–H and O–H groups in total. The van der Waals surface area contributed by atoms with E-state index in [-0.39, 0.29) is 18.2 Å². The molecule has 124 valence electrons. The van der Waals surface area contributed by atoms with E-state index in [9.17, 15) is 4.79 Å². The van der Waals surface area contributed by atoms with Crippen LogP contribution in [0.1, 0.15) is 23.3 Å². The van der Waals surface area contributed by atoms with E-state index >= 15 is 0 Å². The highest BCUT2D eigenvalue weighted by atomic mass is 28.3. The van der Waals surface area contributed by atoms with Crippen molar-refractivity contribution in [3.63, 3.8) is 0 Å². The summed E-state index contributed by atoms with van der Waals surface area (Å²) in [5.74, 6) is 0. The van der Waals surface area contributed by atoms with E-state index in [0.717, 1.165) is 16.4 Å². The Kier molecular flexibility index (Phi) is 4.33. The van der Waals surface area contributed by atoms with Gasteiger partial charge in [0.05, 0.1) is 8.07 Å². The maximum absolute atomic E-state index is 12.7. The fourth-order valence-electron chi connectivity index (χ4n) is 2.99. The lowest BCUT2D eigenvalue weighted by atomic mass is 9.96. The summed E-state index contributed by atoms with van der Waals surface area (Å²) < 4.78 is 5.79. The molecule has 1 amide bonds. The Morgan fingerprint density at radius 2 is 1.46 bits per heavy atom. The smallest absolute Gasteiger partial charge is 0.415 e. The van der Waals surface area contributed by atoms with Crippen LogP contribution in [0.5, 0.6) is 0 Å². The van der Waals surface area contributed by atoms with Crippen molar-refractivity contribution in [1.29, 1.82) is 0 Å². The molecular weight excluding hydrogens is 314 g/mol. The quantitative estimate of drug-likeness (QED) is 0.707. The lowest BCUT2D eigenvalue weighted by Gasteiger charge is -2.32. The van der Waals surface area contributed by atoms with Crippen molar-refractivity contribution in [2.75, 3.05) is 0 Å². The van der Waals surface area contributed by atoms with Crippen molar-refractivity contribution in [3.05, 3.63) is 83.7 Å².